The van der Waals surface area contributed by atoms with Gasteiger partial charge in [-0.3, -0.25) is 4.79 Å². The van der Waals surface area contributed by atoms with Crippen molar-refractivity contribution in [3.05, 3.63) is 70.0 Å². The summed E-state index contributed by atoms with van der Waals surface area (Å²) in [5.74, 6) is -2.74. The molecule has 1 aromatic carbocycles. The Morgan fingerprint density at radius 1 is 0.941 bits per heavy atom. The molecule has 0 aliphatic carbocycles. The average molecular weight is 487 g/mol. The van der Waals surface area contributed by atoms with Gasteiger partial charge in [0, 0.05) is 5.56 Å². The summed E-state index contributed by atoms with van der Waals surface area (Å²) in [5.41, 5.74) is 6.24. The maximum Gasteiger partial charge on any atom is 0.348 e. The van der Waals surface area contributed by atoms with Crippen molar-refractivity contribution in [2.45, 2.75) is 20.5 Å². The first kappa shape index (κ1) is 24.5. The normalized spacial score (nSPS) is 10.4. The molecule has 1 amide bonds. The lowest BCUT2D eigenvalue weighted by molar-refractivity contribution is 0.0438. The standard InChI is InChI=1S/C23H22N2O8S/c1-3-30-22(28)17-14(18(34-19(17)24)23(29)31-4-2)12-33-21(27)13-8-5-6-9-15(13)25-20(26)16-10-7-11-32-16/h5-11H,3-4,12,24H2,1-2H3,(H,25,26). The van der Waals surface area contributed by atoms with Gasteiger partial charge < -0.3 is 29.7 Å². The number of thiophene rings is 1. The van der Waals surface area contributed by atoms with Crippen molar-refractivity contribution < 1.29 is 37.8 Å². The Morgan fingerprint density at radius 2 is 1.65 bits per heavy atom. The predicted octanol–water partition coefficient (Wildman–Crippen LogP) is 3.89. The van der Waals surface area contributed by atoms with Crippen LogP contribution in [0.3, 0.4) is 0 Å². The fourth-order valence-corrected chi connectivity index (χ4v) is 3.94. The highest BCUT2D eigenvalue weighted by Gasteiger charge is 2.29. The second-order valence-corrected chi connectivity index (χ2v) is 7.70. The second-order valence-electron chi connectivity index (χ2n) is 6.64. The van der Waals surface area contributed by atoms with E-state index in [4.69, 9.17) is 24.4 Å². The third kappa shape index (κ3) is 5.44. The molecule has 0 bridgehead atoms. The van der Waals surface area contributed by atoms with E-state index >= 15 is 0 Å². The zero-order valence-electron chi connectivity index (χ0n) is 18.4. The smallest absolute Gasteiger partial charge is 0.348 e. The number of para-hydroxylation sites is 1. The highest BCUT2D eigenvalue weighted by atomic mass is 32.1. The SMILES string of the molecule is CCOC(=O)c1sc(N)c(C(=O)OCC)c1COC(=O)c1ccccc1NC(=O)c1ccco1. The Labute approximate surface area is 198 Å². The minimum Gasteiger partial charge on any atom is -0.462 e. The maximum atomic E-state index is 12.9. The summed E-state index contributed by atoms with van der Waals surface area (Å²) in [5, 5.41) is 2.63. The number of esters is 3. The van der Waals surface area contributed by atoms with Crippen molar-refractivity contribution in [2.24, 2.45) is 0 Å². The predicted molar refractivity (Wildman–Crippen MR) is 123 cm³/mol. The molecule has 10 nitrogen and oxygen atoms in total. The van der Waals surface area contributed by atoms with Gasteiger partial charge in [-0.05, 0) is 38.1 Å². The van der Waals surface area contributed by atoms with Crippen LogP contribution in [0.5, 0.6) is 0 Å². The molecule has 178 valence electrons. The van der Waals surface area contributed by atoms with Crippen LogP contribution in [0, 0.1) is 0 Å². The summed E-state index contributed by atoms with van der Waals surface area (Å²) in [7, 11) is 0. The average Bonchev–Trinajstić information content (AvgIpc) is 3.46. The Morgan fingerprint density at radius 3 is 2.32 bits per heavy atom. The van der Waals surface area contributed by atoms with Gasteiger partial charge in [0.15, 0.2) is 5.76 Å². The summed E-state index contributed by atoms with van der Waals surface area (Å²) in [6.45, 7) is 3.00. The molecule has 3 N–H and O–H groups in total. The molecular weight excluding hydrogens is 464 g/mol. The maximum absolute atomic E-state index is 12.9. The van der Waals surface area contributed by atoms with Crippen LogP contribution in [0.4, 0.5) is 10.7 Å². The van der Waals surface area contributed by atoms with E-state index in [-0.39, 0.29) is 51.2 Å². The molecule has 0 radical (unpaired) electrons. The van der Waals surface area contributed by atoms with E-state index in [0.29, 0.717) is 0 Å². The quantitative estimate of drug-likeness (QED) is 0.339. The van der Waals surface area contributed by atoms with Gasteiger partial charge in [-0.2, -0.15) is 0 Å². The molecule has 3 rings (SSSR count). The van der Waals surface area contributed by atoms with Crippen LogP contribution in [0.1, 0.15) is 60.4 Å². The van der Waals surface area contributed by atoms with Crippen molar-refractivity contribution in [3.8, 4) is 0 Å². The van der Waals surface area contributed by atoms with Gasteiger partial charge in [0.2, 0.25) is 0 Å². The number of nitrogens with one attached hydrogen (secondary N) is 1. The van der Waals surface area contributed by atoms with Gasteiger partial charge in [-0.25, -0.2) is 14.4 Å². The lowest BCUT2D eigenvalue weighted by atomic mass is 10.1. The molecule has 0 saturated carbocycles. The first-order chi connectivity index (χ1) is 16.4. The fourth-order valence-electron chi connectivity index (χ4n) is 2.99. The molecule has 0 aliphatic rings. The van der Waals surface area contributed by atoms with E-state index in [9.17, 15) is 19.2 Å². The van der Waals surface area contributed by atoms with Crippen molar-refractivity contribution in [1.82, 2.24) is 0 Å². The lowest BCUT2D eigenvalue weighted by Gasteiger charge is -2.12. The minimum absolute atomic E-state index is 0.0367. The number of hydrogen-bond acceptors (Lipinski definition) is 10. The van der Waals surface area contributed by atoms with Crippen molar-refractivity contribution in [3.63, 3.8) is 0 Å². The lowest BCUT2D eigenvalue weighted by Crippen LogP contribution is -2.16. The van der Waals surface area contributed by atoms with Crippen LogP contribution >= 0.6 is 11.3 Å². The Hall–Kier alpha value is -4.12. The van der Waals surface area contributed by atoms with Crippen molar-refractivity contribution in [2.75, 3.05) is 24.3 Å². The number of nitrogens with two attached hydrogens (primary N) is 1. The Balaban J connectivity index is 1.85. The molecule has 0 saturated heterocycles. The summed E-state index contributed by atoms with van der Waals surface area (Å²) >= 11 is 0.844. The topological polar surface area (TPSA) is 147 Å². The number of furan rings is 1. The zero-order chi connectivity index (χ0) is 24.7. The number of carbonyl (C=O) groups excluding carboxylic acids is 4. The van der Waals surface area contributed by atoms with E-state index in [1.165, 1.54) is 24.5 Å². The Kier molecular flexibility index (Phi) is 8.04. The van der Waals surface area contributed by atoms with Crippen molar-refractivity contribution in [1.29, 1.82) is 0 Å². The number of benzene rings is 1. The molecule has 0 atom stereocenters. The van der Waals surface area contributed by atoms with Crippen LogP contribution in [0.15, 0.2) is 47.1 Å². The van der Waals surface area contributed by atoms with E-state index in [1.807, 2.05) is 0 Å². The van der Waals surface area contributed by atoms with E-state index in [2.05, 4.69) is 5.32 Å². The van der Waals surface area contributed by atoms with Gasteiger partial charge in [0.1, 0.15) is 22.0 Å². The number of anilines is 2. The number of amides is 1. The van der Waals surface area contributed by atoms with Crippen LogP contribution in [0.2, 0.25) is 0 Å². The zero-order valence-corrected chi connectivity index (χ0v) is 19.2. The first-order valence-corrected chi connectivity index (χ1v) is 11.0. The molecule has 34 heavy (non-hydrogen) atoms. The molecule has 3 aromatic rings. The van der Waals surface area contributed by atoms with Gasteiger partial charge in [0.25, 0.3) is 5.91 Å². The summed E-state index contributed by atoms with van der Waals surface area (Å²) < 4.78 is 20.5. The highest BCUT2D eigenvalue weighted by Crippen LogP contribution is 2.33. The van der Waals surface area contributed by atoms with Crippen LogP contribution < -0.4 is 11.1 Å². The largest absolute Gasteiger partial charge is 0.462 e. The number of hydrogen-bond donors (Lipinski definition) is 2. The van der Waals surface area contributed by atoms with E-state index < -0.39 is 30.4 Å². The molecular formula is C23H22N2O8S. The number of nitrogen functional groups attached to an aromatic ring is 1. The molecule has 0 spiro atoms. The number of ether oxygens (including phenoxy) is 3. The number of rotatable bonds is 9. The van der Waals surface area contributed by atoms with Crippen molar-refractivity contribution >= 4 is 45.8 Å². The molecule has 2 aromatic heterocycles. The number of carbonyl (C=O) groups is 4. The monoisotopic (exact) mass is 486 g/mol. The molecule has 2 heterocycles. The fraction of sp³-hybridized carbons (Fsp3) is 0.217. The Bertz CT molecular complexity index is 1200. The van der Waals surface area contributed by atoms with E-state index in [1.54, 1.807) is 32.0 Å². The second kappa shape index (κ2) is 11.1. The molecule has 0 unspecified atom stereocenters. The van der Waals surface area contributed by atoms with E-state index in [0.717, 1.165) is 11.3 Å². The van der Waals surface area contributed by atoms with Gasteiger partial charge >= 0.3 is 17.9 Å². The van der Waals surface area contributed by atoms with Gasteiger partial charge in [-0.1, -0.05) is 12.1 Å². The third-order valence-electron chi connectivity index (χ3n) is 4.46. The molecule has 0 aliphatic heterocycles. The van der Waals surface area contributed by atoms with Crippen LogP contribution in [-0.4, -0.2) is 37.0 Å². The third-order valence-corrected chi connectivity index (χ3v) is 5.50. The highest BCUT2D eigenvalue weighted by molar-refractivity contribution is 7.18. The van der Waals surface area contributed by atoms with Crippen LogP contribution in [-0.2, 0) is 20.8 Å². The summed E-state index contributed by atoms with van der Waals surface area (Å²) in [6, 6.07) is 9.24. The summed E-state index contributed by atoms with van der Waals surface area (Å²) in [4.78, 5) is 50.1. The summed E-state index contributed by atoms with van der Waals surface area (Å²) in [6.07, 6.45) is 1.35. The molecule has 11 heteroatoms. The van der Waals surface area contributed by atoms with Gasteiger partial charge in [0.05, 0.1) is 30.7 Å². The minimum atomic E-state index is -0.801. The molecule has 0 fully saturated rings. The first-order valence-electron chi connectivity index (χ1n) is 10.2. The van der Waals surface area contributed by atoms with Crippen LogP contribution in [0.25, 0.3) is 0 Å². The van der Waals surface area contributed by atoms with Gasteiger partial charge in [-0.15, -0.1) is 11.3 Å².